The Bertz CT molecular complexity index is 665. The van der Waals surface area contributed by atoms with E-state index in [9.17, 15) is 10.1 Å². The highest BCUT2D eigenvalue weighted by Gasteiger charge is 2.20. The van der Waals surface area contributed by atoms with Crippen LogP contribution in [0.5, 0.6) is 17.4 Å². The summed E-state index contributed by atoms with van der Waals surface area (Å²) < 4.78 is 11.0. The first-order valence-corrected chi connectivity index (χ1v) is 6.09. The Morgan fingerprint density at radius 1 is 1.45 bits per heavy atom. The van der Waals surface area contributed by atoms with Gasteiger partial charge in [0.05, 0.1) is 16.5 Å². The Morgan fingerprint density at radius 2 is 2.20 bits per heavy atom. The van der Waals surface area contributed by atoms with Crippen molar-refractivity contribution in [3.05, 3.63) is 39.0 Å². The number of nitrogens with zero attached hydrogens (tertiary/aromatic N) is 3. The molecule has 0 radical (unpaired) electrons. The van der Waals surface area contributed by atoms with Crippen LogP contribution in [0.4, 0.5) is 11.6 Å². The average Bonchev–Trinajstić information content (AvgIpc) is 2.40. The summed E-state index contributed by atoms with van der Waals surface area (Å²) in [7, 11) is 1.53. The van der Waals surface area contributed by atoms with Gasteiger partial charge in [-0.05, 0) is 34.1 Å². The molecule has 0 atom stereocenters. The lowest BCUT2D eigenvalue weighted by Gasteiger charge is -2.08. The van der Waals surface area contributed by atoms with Crippen LogP contribution in [0, 0.1) is 10.1 Å². The number of hydrogen-bond acceptors (Lipinski definition) is 7. The molecular weight excluding hydrogens is 332 g/mol. The minimum absolute atomic E-state index is 0.116. The van der Waals surface area contributed by atoms with E-state index < -0.39 is 4.92 Å². The molecule has 104 valence electrons. The molecular formula is C11H9BrN4O4. The van der Waals surface area contributed by atoms with Crippen LogP contribution in [-0.4, -0.2) is 22.0 Å². The van der Waals surface area contributed by atoms with Gasteiger partial charge in [0.25, 0.3) is 0 Å². The molecule has 1 heterocycles. The van der Waals surface area contributed by atoms with Gasteiger partial charge in [0, 0.05) is 0 Å². The van der Waals surface area contributed by atoms with E-state index in [0.717, 1.165) is 6.20 Å². The molecule has 0 saturated carbocycles. The van der Waals surface area contributed by atoms with Crippen LogP contribution in [0.3, 0.4) is 0 Å². The summed E-state index contributed by atoms with van der Waals surface area (Å²) in [6, 6.07) is 4.90. The van der Waals surface area contributed by atoms with E-state index >= 15 is 0 Å². The summed E-state index contributed by atoms with van der Waals surface area (Å²) in [5, 5.41) is 10.9. The number of nitro groups is 1. The molecule has 0 saturated heterocycles. The molecule has 0 aliphatic heterocycles. The Hall–Kier alpha value is -2.42. The van der Waals surface area contributed by atoms with Crippen LogP contribution >= 0.6 is 15.9 Å². The second kappa shape index (κ2) is 5.70. The average molecular weight is 341 g/mol. The smallest absolute Gasteiger partial charge is 0.349 e. The van der Waals surface area contributed by atoms with Gasteiger partial charge < -0.3 is 15.2 Å². The van der Waals surface area contributed by atoms with Crippen LogP contribution in [0.25, 0.3) is 0 Å². The molecule has 0 unspecified atom stereocenters. The minimum atomic E-state index is -0.647. The number of benzene rings is 1. The van der Waals surface area contributed by atoms with E-state index in [0.29, 0.717) is 16.0 Å². The molecule has 20 heavy (non-hydrogen) atoms. The van der Waals surface area contributed by atoms with Crippen molar-refractivity contribution < 1.29 is 14.4 Å². The van der Waals surface area contributed by atoms with Gasteiger partial charge in [0.2, 0.25) is 5.95 Å². The lowest BCUT2D eigenvalue weighted by molar-refractivity contribution is -0.386. The van der Waals surface area contributed by atoms with Crippen molar-refractivity contribution in [1.29, 1.82) is 0 Å². The lowest BCUT2D eigenvalue weighted by Crippen LogP contribution is -2.01. The third-order valence-corrected chi connectivity index (χ3v) is 2.92. The number of hydrogen-bond donors (Lipinski definition) is 1. The van der Waals surface area contributed by atoms with E-state index in [-0.39, 0.29) is 17.5 Å². The molecule has 2 N–H and O–H groups in total. The van der Waals surface area contributed by atoms with Crippen LogP contribution in [0.15, 0.2) is 28.9 Å². The fourth-order valence-corrected chi connectivity index (χ4v) is 1.81. The second-order valence-electron chi connectivity index (χ2n) is 3.57. The number of nitrogens with two attached hydrogens (primary N) is 1. The minimum Gasteiger partial charge on any atom is -0.497 e. The van der Waals surface area contributed by atoms with Crippen molar-refractivity contribution >= 4 is 27.6 Å². The largest absolute Gasteiger partial charge is 0.497 e. The molecule has 0 amide bonds. The fraction of sp³-hybridized carbons (Fsp3) is 0.0909. The maximum absolute atomic E-state index is 10.9. The van der Waals surface area contributed by atoms with Gasteiger partial charge in [-0.2, -0.15) is 4.98 Å². The van der Waals surface area contributed by atoms with Gasteiger partial charge >= 0.3 is 11.6 Å². The maximum Gasteiger partial charge on any atom is 0.349 e. The monoisotopic (exact) mass is 340 g/mol. The van der Waals surface area contributed by atoms with Crippen molar-refractivity contribution in [3.8, 4) is 17.4 Å². The quantitative estimate of drug-likeness (QED) is 0.671. The number of methoxy groups -OCH3 is 1. The van der Waals surface area contributed by atoms with Gasteiger partial charge in [-0.15, -0.1) is 0 Å². The molecule has 2 aromatic rings. The number of nitrogen functional groups attached to an aromatic ring is 1. The number of ether oxygens (including phenoxy) is 2. The molecule has 9 heteroatoms. The third kappa shape index (κ3) is 2.94. The molecule has 2 rings (SSSR count). The summed E-state index contributed by atoms with van der Waals surface area (Å²) in [5.74, 6) is 0.608. The molecule has 0 aliphatic rings. The first-order valence-electron chi connectivity index (χ1n) is 5.29. The van der Waals surface area contributed by atoms with Crippen LogP contribution < -0.4 is 15.2 Å². The zero-order chi connectivity index (χ0) is 14.7. The number of rotatable bonds is 4. The zero-order valence-electron chi connectivity index (χ0n) is 10.2. The molecule has 0 fully saturated rings. The van der Waals surface area contributed by atoms with E-state index in [2.05, 4.69) is 25.9 Å². The summed E-state index contributed by atoms with van der Waals surface area (Å²) >= 11 is 3.28. The van der Waals surface area contributed by atoms with Gasteiger partial charge in [-0.25, -0.2) is 4.98 Å². The Morgan fingerprint density at radius 3 is 2.80 bits per heavy atom. The van der Waals surface area contributed by atoms with Crippen molar-refractivity contribution in [3.63, 3.8) is 0 Å². The molecule has 8 nitrogen and oxygen atoms in total. The third-order valence-electron chi connectivity index (χ3n) is 2.30. The van der Waals surface area contributed by atoms with Crippen molar-refractivity contribution in [2.24, 2.45) is 0 Å². The fourth-order valence-electron chi connectivity index (χ4n) is 1.37. The van der Waals surface area contributed by atoms with E-state index in [1.807, 2.05) is 0 Å². The number of halogens is 1. The summed E-state index contributed by atoms with van der Waals surface area (Å²) in [5.41, 5.74) is 5.04. The predicted molar refractivity (Wildman–Crippen MR) is 73.9 cm³/mol. The highest BCUT2D eigenvalue weighted by Crippen LogP contribution is 2.35. The van der Waals surface area contributed by atoms with Crippen LogP contribution in [-0.2, 0) is 0 Å². The Labute approximate surface area is 121 Å². The van der Waals surface area contributed by atoms with E-state index in [4.69, 9.17) is 15.2 Å². The first-order chi connectivity index (χ1) is 9.51. The number of anilines is 1. The lowest BCUT2D eigenvalue weighted by atomic mass is 10.3. The highest BCUT2D eigenvalue weighted by atomic mass is 79.9. The number of aromatic nitrogens is 2. The molecule has 0 spiro atoms. The summed E-state index contributed by atoms with van der Waals surface area (Å²) in [4.78, 5) is 17.5. The van der Waals surface area contributed by atoms with Crippen molar-refractivity contribution in [2.75, 3.05) is 12.8 Å². The topological polar surface area (TPSA) is 113 Å². The van der Waals surface area contributed by atoms with Crippen molar-refractivity contribution in [2.45, 2.75) is 0 Å². The molecule has 1 aromatic heterocycles. The predicted octanol–water partition coefficient (Wildman–Crippen LogP) is 2.53. The molecule has 0 aliphatic carbocycles. The standard InChI is InChI=1S/C11H9BrN4O4/c1-19-6-2-3-9(7(12)4-6)20-10-8(16(17)18)5-14-11(13)15-10/h2-5H,1H3,(H2,13,14,15). The van der Waals surface area contributed by atoms with Gasteiger partial charge in [-0.1, -0.05) is 0 Å². The zero-order valence-corrected chi connectivity index (χ0v) is 11.8. The van der Waals surface area contributed by atoms with Gasteiger partial charge in [-0.3, -0.25) is 10.1 Å². The Kier molecular flexibility index (Phi) is 3.99. The second-order valence-corrected chi connectivity index (χ2v) is 4.43. The van der Waals surface area contributed by atoms with Crippen LogP contribution in [0.2, 0.25) is 0 Å². The van der Waals surface area contributed by atoms with Crippen molar-refractivity contribution in [1.82, 2.24) is 9.97 Å². The Balaban J connectivity index is 2.39. The van der Waals surface area contributed by atoms with E-state index in [1.165, 1.54) is 7.11 Å². The maximum atomic E-state index is 10.9. The molecule has 0 bridgehead atoms. The summed E-state index contributed by atoms with van der Waals surface area (Å²) in [6.07, 6.45) is 0.995. The SMILES string of the molecule is COc1ccc(Oc2nc(N)ncc2[N+](=O)[O-])c(Br)c1. The summed E-state index contributed by atoms with van der Waals surface area (Å²) in [6.45, 7) is 0. The van der Waals surface area contributed by atoms with Gasteiger partial charge in [0.1, 0.15) is 17.7 Å². The van der Waals surface area contributed by atoms with Gasteiger partial charge in [0.15, 0.2) is 0 Å². The van der Waals surface area contributed by atoms with E-state index in [1.54, 1.807) is 18.2 Å². The molecule has 1 aromatic carbocycles. The normalized spacial score (nSPS) is 10.1. The first kappa shape index (κ1) is 14.0. The van der Waals surface area contributed by atoms with Crippen LogP contribution in [0.1, 0.15) is 0 Å². The highest BCUT2D eigenvalue weighted by molar-refractivity contribution is 9.10.